The van der Waals surface area contributed by atoms with Crippen molar-refractivity contribution in [3.05, 3.63) is 45.2 Å². The van der Waals surface area contributed by atoms with Gasteiger partial charge in [-0.2, -0.15) is 5.10 Å². The monoisotopic (exact) mass is 450 g/mol. The number of aryl methyl sites for hydroxylation is 1. The molecule has 4 rings (SSSR count). The van der Waals surface area contributed by atoms with E-state index in [4.69, 9.17) is 27.9 Å². The number of nitrogens with one attached hydrogen (secondary N) is 2. The average molecular weight is 451 g/mol. The Hall–Kier alpha value is -2.25. The largest absolute Gasteiger partial charge is 0.492 e. The Kier molecular flexibility index (Phi) is 6.20. The van der Waals surface area contributed by atoms with Gasteiger partial charge in [0, 0.05) is 25.6 Å². The van der Waals surface area contributed by atoms with Crippen LogP contribution in [0, 0.1) is 5.92 Å². The van der Waals surface area contributed by atoms with Gasteiger partial charge in [-0.05, 0) is 37.7 Å². The molecule has 2 aliphatic rings. The summed E-state index contributed by atoms with van der Waals surface area (Å²) < 4.78 is 7.68. The highest BCUT2D eigenvalue weighted by Gasteiger charge is 2.29. The van der Waals surface area contributed by atoms with Crippen molar-refractivity contribution >= 4 is 35.0 Å². The first-order valence-electron chi connectivity index (χ1n) is 10.1. The lowest BCUT2D eigenvalue weighted by atomic mass is 9.94. The van der Waals surface area contributed by atoms with E-state index in [0.717, 1.165) is 37.1 Å². The predicted molar refractivity (Wildman–Crippen MR) is 114 cm³/mol. The summed E-state index contributed by atoms with van der Waals surface area (Å²) in [6, 6.07) is 3.36. The van der Waals surface area contributed by atoms with Gasteiger partial charge in [-0.25, -0.2) is 0 Å². The fourth-order valence-corrected chi connectivity index (χ4v) is 4.50. The van der Waals surface area contributed by atoms with Gasteiger partial charge in [0.15, 0.2) is 0 Å². The lowest BCUT2D eigenvalue weighted by molar-refractivity contribution is -0.119. The summed E-state index contributed by atoms with van der Waals surface area (Å²) >= 11 is 12.5. The quantitative estimate of drug-likeness (QED) is 0.745. The standard InChI is InChI=1S/C21H24Cl2N4O3/c1-12(28)24-10-13-6-7-27-18(9-13)15(11-25-27)21(29)26-17-3-2-8-30-20-14(17)4-5-16(22)19(20)23/h4-5,11,13,17H,2-3,6-10H2,1H3,(H,24,28)(H,26,29). The van der Waals surface area contributed by atoms with Crippen molar-refractivity contribution in [3.8, 4) is 5.75 Å². The molecular weight excluding hydrogens is 427 g/mol. The van der Waals surface area contributed by atoms with Crippen molar-refractivity contribution < 1.29 is 14.3 Å². The summed E-state index contributed by atoms with van der Waals surface area (Å²) in [6.07, 6.45) is 4.79. The minimum Gasteiger partial charge on any atom is -0.492 e. The zero-order valence-corrected chi connectivity index (χ0v) is 18.2. The molecule has 0 fully saturated rings. The molecule has 0 saturated carbocycles. The predicted octanol–water partition coefficient (Wildman–Crippen LogP) is 3.53. The van der Waals surface area contributed by atoms with Crippen LogP contribution in [0.2, 0.25) is 10.0 Å². The molecule has 0 saturated heterocycles. The summed E-state index contributed by atoms with van der Waals surface area (Å²) in [5.41, 5.74) is 2.32. The zero-order chi connectivity index (χ0) is 21.3. The number of aromatic nitrogens is 2. The Morgan fingerprint density at radius 1 is 1.30 bits per heavy atom. The Bertz CT molecular complexity index is 975. The lowest BCUT2D eigenvalue weighted by Gasteiger charge is -2.24. The van der Waals surface area contributed by atoms with Crippen LogP contribution < -0.4 is 15.4 Å². The lowest BCUT2D eigenvalue weighted by Crippen LogP contribution is -2.33. The highest BCUT2D eigenvalue weighted by Crippen LogP contribution is 2.41. The number of hydrogen-bond donors (Lipinski definition) is 2. The molecule has 0 spiro atoms. The van der Waals surface area contributed by atoms with E-state index in [1.807, 2.05) is 10.7 Å². The number of carbonyl (C=O) groups excluding carboxylic acids is 2. The van der Waals surface area contributed by atoms with E-state index in [1.165, 1.54) is 6.92 Å². The molecule has 0 radical (unpaired) electrons. The number of rotatable bonds is 4. The summed E-state index contributed by atoms with van der Waals surface area (Å²) in [5, 5.41) is 11.2. The topological polar surface area (TPSA) is 85.2 Å². The van der Waals surface area contributed by atoms with Crippen LogP contribution in [0.1, 0.15) is 53.8 Å². The van der Waals surface area contributed by atoms with Gasteiger partial charge in [-0.15, -0.1) is 0 Å². The first kappa shape index (κ1) is 21.0. The molecule has 2 unspecified atom stereocenters. The Balaban J connectivity index is 1.53. The van der Waals surface area contributed by atoms with Crippen molar-refractivity contribution in [1.29, 1.82) is 0 Å². The number of hydrogen-bond acceptors (Lipinski definition) is 4. The SMILES string of the molecule is CC(=O)NCC1CCn2ncc(C(=O)NC3CCCOc4c3ccc(Cl)c4Cl)c2C1. The van der Waals surface area contributed by atoms with Crippen LogP contribution in [0.15, 0.2) is 18.3 Å². The Morgan fingerprint density at radius 2 is 2.13 bits per heavy atom. The van der Waals surface area contributed by atoms with E-state index in [1.54, 1.807) is 12.3 Å². The van der Waals surface area contributed by atoms with Gasteiger partial charge in [-0.1, -0.05) is 29.3 Å². The third kappa shape index (κ3) is 4.27. The van der Waals surface area contributed by atoms with E-state index >= 15 is 0 Å². The van der Waals surface area contributed by atoms with Crippen LogP contribution in [-0.4, -0.2) is 34.7 Å². The van der Waals surface area contributed by atoms with Crippen molar-refractivity contribution in [3.63, 3.8) is 0 Å². The van der Waals surface area contributed by atoms with Gasteiger partial charge in [0.05, 0.1) is 35.1 Å². The van der Waals surface area contributed by atoms with Crippen LogP contribution in [0.25, 0.3) is 0 Å². The molecule has 9 heteroatoms. The number of ether oxygens (including phenoxy) is 1. The van der Waals surface area contributed by atoms with Crippen LogP contribution in [0.5, 0.6) is 5.75 Å². The first-order chi connectivity index (χ1) is 14.4. The number of benzene rings is 1. The number of nitrogens with zero attached hydrogens (tertiary/aromatic N) is 2. The average Bonchev–Trinajstić information content (AvgIpc) is 3.04. The molecule has 30 heavy (non-hydrogen) atoms. The van der Waals surface area contributed by atoms with Crippen molar-refractivity contribution in [2.75, 3.05) is 13.2 Å². The fourth-order valence-electron chi connectivity index (χ4n) is 4.12. The van der Waals surface area contributed by atoms with Gasteiger partial charge in [-0.3, -0.25) is 14.3 Å². The van der Waals surface area contributed by atoms with Gasteiger partial charge >= 0.3 is 0 Å². The maximum Gasteiger partial charge on any atom is 0.255 e. The second kappa shape index (κ2) is 8.86. The molecule has 3 heterocycles. The Labute approximate surface area is 185 Å². The maximum absolute atomic E-state index is 13.2. The smallest absolute Gasteiger partial charge is 0.255 e. The maximum atomic E-state index is 13.2. The molecule has 7 nitrogen and oxygen atoms in total. The third-order valence-corrected chi connectivity index (χ3v) is 6.50. The van der Waals surface area contributed by atoms with Crippen LogP contribution in [-0.2, 0) is 17.8 Å². The first-order valence-corrected chi connectivity index (χ1v) is 10.9. The fraction of sp³-hybridized carbons (Fsp3) is 0.476. The molecule has 2 aliphatic heterocycles. The highest BCUT2D eigenvalue weighted by molar-refractivity contribution is 6.43. The molecule has 2 amide bonds. The number of halogens is 2. The van der Waals surface area contributed by atoms with Gasteiger partial charge in [0.1, 0.15) is 10.8 Å². The Morgan fingerprint density at radius 3 is 2.93 bits per heavy atom. The molecule has 2 N–H and O–H groups in total. The molecular formula is C21H24Cl2N4O3. The summed E-state index contributed by atoms with van der Waals surface area (Å²) in [7, 11) is 0. The number of amides is 2. The summed E-state index contributed by atoms with van der Waals surface area (Å²) in [5.74, 6) is 0.623. The van der Waals surface area contributed by atoms with Crippen LogP contribution in [0.4, 0.5) is 0 Å². The molecule has 1 aromatic heterocycles. The number of fused-ring (bicyclic) bond motifs is 2. The van der Waals surface area contributed by atoms with Gasteiger partial charge in [0.2, 0.25) is 5.91 Å². The molecule has 1 aromatic carbocycles. The number of carbonyl (C=O) groups is 2. The molecule has 2 atom stereocenters. The van der Waals surface area contributed by atoms with Crippen molar-refractivity contribution in [1.82, 2.24) is 20.4 Å². The van der Waals surface area contributed by atoms with E-state index in [9.17, 15) is 9.59 Å². The van der Waals surface area contributed by atoms with Crippen LogP contribution >= 0.6 is 23.2 Å². The highest BCUT2D eigenvalue weighted by atomic mass is 35.5. The minimum absolute atomic E-state index is 0.0416. The molecule has 2 aromatic rings. The van der Waals surface area contributed by atoms with Gasteiger partial charge in [0.25, 0.3) is 5.91 Å². The summed E-state index contributed by atoms with van der Waals surface area (Å²) in [6.45, 7) is 3.38. The molecule has 0 aliphatic carbocycles. The molecule has 160 valence electrons. The van der Waals surface area contributed by atoms with E-state index in [2.05, 4.69) is 15.7 Å². The minimum atomic E-state index is -0.223. The van der Waals surface area contributed by atoms with Crippen molar-refractivity contribution in [2.45, 2.75) is 45.2 Å². The van der Waals surface area contributed by atoms with E-state index < -0.39 is 0 Å². The second-order valence-corrected chi connectivity index (χ2v) is 8.61. The van der Waals surface area contributed by atoms with E-state index in [0.29, 0.717) is 40.9 Å². The third-order valence-electron chi connectivity index (χ3n) is 5.71. The summed E-state index contributed by atoms with van der Waals surface area (Å²) in [4.78, 5) is 24.4. The zero-order valence-electron chi connectivity index (χ0n) is 16.7. The normalized spacial score (nSPS) is 20.4. The van der Waals surface area contributed by atoms with Crippen LogP contribution in [0.3, 0.4) is 0 Å². The van der Waals surface area contributed by atoms with Gasteiger partial charge < -0.3 is 15.4 Å². The molecule has 0 bridgehead atoms. The second-order valence-electron chi connectivity index (χ2n) is 7.82. The van der Waals surface area contributed by atoms with E-state index in [-0.39, 0.29) is 23.8 Å². The van der Waals surface area contributed by atoms with Crippen molar-refractivity contribution in [2.24, 2.45) is 5.92 Å².